The number of carboxylic acid groups (broad SMARTS) is 1. The van der Waals surface area contributed by atoms with Gasteiger partial charge in [0.05, 0.1) is 0 Å². The van der Waals surface area contributed by atoms with E-state index in [0.29, 0.717) is 13.0 Å². The van der Waals surface area contributed by atoms with Gasteiger partial charge in [0, 0.05) is 39.3 Å². The molecule has 0 aromatic carbocycles. The second-order valence-corrected chi connectivity index (χ2v) is 4.29. The Morgan fingerprint density at radius 1 is 1.39 bits per heavy atom. The van der Waals surface area contributed by atoms with E-state index in [9.17, 15) is 9.59 Å². The quantitative estimate of drug-likeness (QED) is 0.493. The SMILES string of the molecule is CC[C@H](NC(=O)NCCN1CCNCC1)C(=O)O. The second kappa shape index (κ2) is 7.88. The highest BCUT2D eigenvalue weighted by molar-refractivity contribution is 5.82. The van der Waals surface area contributed by atoms with E-state index in [-0.39, 0.29) is 0 Å². The van der Waals surface area contributed by atoms with Crippen LogP contribution in [0.1, 0.15) is 13.3 Å². The molecule has 0 unspecified atom stereocenters. The predicted octanol–water partition coefficient (Wildman–Crippen LogP) is -0.946. The lowest BCUT2D eigenvalue weighted by Gasteiger charge is -2.27. The van der Waals surface area contributed by atoms with Gasteiger partial charge in [-0.15, -0.1) is 0 Å². The number of carbonyl (C=O) groups is 2. The summed E-state index contributed by atoms with van der Waals surface area (Å²) in [6.45, 7) is 6.96. The zero-order valence-corrected chi connectivity index (χ0v) is 10.7. The maximum Gasteiger partial charge on any atom is 0.326 e. The van der Waals surface area contributed by atoms with Gasteiger partial charge in [-0.05, 0) is 6.42 Å². The summed E-state index contributed by atoms with van der Waals surface area (Å²) in [5.41, 5.74) is 0. The maximum atomic E-state index is 11.4. The molecule has 0 aromatic heterocycles. The van der Waals surface area contributed by atoms with Crippen LogP contribution in [-0.2, 0) is 4.79 Å². The number of amides is 2. The molecule has 7 nitrogen and oxygen atoms in total. The minimum absolute atomic E-state index is 0.376. The van der Waals surface area contributed by atoms with Crippen molar-refractivity contribution in [3.63, 3.8) is 0 Å². The highest BCUT2D eigenvalue weighted by Crippen LogP contribution is 1.91. The first kappa shape index (κ1) is 14.7. The molecule has 1 rings (SSSR count). The zero-order chi connectivity index (χ0) is 13.4. The first-order chi connectivity index (χ1) is 8.63. The van der Waals surface area contributed by atoms with Crippen LogP contribution in [0.15, 0.2) is 0 Å². The molecule has 1 heterocycles. The van der Waals surface area contributed by atoms with Gasteiger partial charge in [0.2, 0.25) is 0 Å². The van der Waals surface area contributed by atoms with E-state index in [1.54, 1.807) is 6.92 Å². The summed E-state index contributed by atoms with van der Waals surface area (Å²) in [4.78, 5) is 24.4. The number of nitrogens with one attached hydrogen (secondary N) is 3. The van der Waals surface area contributed by atoms with Crippen LogP contribution in [0.4, 0.5) is 4.79 Å². The zero-order valence-electron chi connectivity index (χ0n) is 10.7. The molecule has 1 aliphatic heterocycles. The lowest BCUT2D eigenvalue weighted by molar-refractivity contribution is -0.139. The number of piperazine rings is 1. The Morgan fingerprint density at radius 2 is 2.06 bits per heavy atom. The number of hydrogen-bond acceptors (Lipinski definition) is 4. The van der Waals surface area contributed by atoms with Crippen molar-refractivity contribution in [1.82, 2.24) is 20.9 Å². The van der Waals surface area contributed by atoms with E-state index >= 15 is 0 Å². The van der Waals surface area contributed by atoms with Gasteiger partial charge in [-0.25, -0.2) is 9.59 Å². The van der Waals surface area contributed by atoms with E-state index in [1.165, 1.54) is 0 Å². The molecule has 0 bridgehead atoms. The number of aliphatic carboxylic acids is 1. The summed E-state index contributed by atoms with van der Waals surface area (Å²) in [5.74, 6) is -1.00. The summed E-state index contributed by atoms with van der Waals surface area (Å²) >= 11 is 0. The molecular weight excluding hydrogens is 236 g/mol. The number of carboxylic acids is 1. The molecule has 0 aromatic rings. The summed E-state index contributed by atoms with van der Waals surface area (Å²) in [7, 11) is 0. The van der Waals surface area contributed by atoms with Gasteiger partial charge in [-0.1, -0.05) is 6.92 Å². The van der Waals surface area contributed by atoms with Crippen molar-refractivity contribution in [3.8, 4) is 0 Å². The maximum absolute atomic E-state index is 11.4. The van der Waals surface area contributed by atoms with Crippen LogP contribution in [-0.4, -0.2) is 67.3 Å². The van der Waals surface area contributed by atoms with Gasteiger partial charge >= 0.3 is 12.0 Å². The fourth-order valence-corrected chi connectivity index (χ4v) is 1.81. The lowest BCUT2D eigenvalue weighted by Crippen LogP contribution is -2.49. The van der Waals surface area contributed by atoms with E-state index in [4.69, 9.17) is 5.11 Å². The van der Waals surface area contributed by atoms with Gasteiger partial charge in [0.1, 0.15) is 6.04 Å². The highest BCUT2D eigenvalue weighted by Gasteiger charge is 2.17. The Bertz CT molecular complexity index is 279. The summed E-state index contributed by atoms with van der Waals surface area (Å²) in [6.07, 6.45) is 0.376. The van der Waals surface area contributed by atoms with Crippen molar-refractivity contribution in [2.75, 3.05) is 39.3 Å². The van der Waals surface area contributed by atoms with Crippen molar-refractivity contribution in [2.45, 2.75) is 19.4 Å². The fraction of sp³-hybridized carbons (Fsp3) is 0.818. The molecule has 1 fully saturated rings. The smallest absolute Gasteiger partial charge is 0.326 e. The van der Waals surface area contributed by atoms with Crippen LogP contribution in [0.3, 0.4) is 0 Å². The number of carbonyl (C=O) groups excluding carboxylic acids is 1. The van der Waals surface area contributed by atoms with Crippen LogP contribution >= 0.6 is 0 Å². The van der Waals surface area contributed by atoms with Crippen LogP contribution < -0.4 is 16.0 Å². The highest BCUT2D eigenvalue weighted by atomic mass is 16.4. The van der Waals surface area contributed by atoms with Crippen LogP contribution in [0.25, 0.3) is 0 Å². The minimum atomic E-state index is -1.00. The van der Waals surface area contributed by atoms with Crippen LogP contribution in [0.2, 0.25) is 0 Å². The molecule has 1 atom stereocenters. The second-order valence-electron chi connectivity index (χ2n) is 4.29. The average molecular weight is 258 g/mol. The summed E-state index contributed by atoms with van der Waals surface area (Å²) < 4.78 is 0. The van der Waals surface area contributed by atoms with Crippen molar-refractivity contribution in [1.29, 1.82) is 0 Å². The minimum Gasteiger partial charge on any atom is -0.480 e. The van der Waals surface area contributed by atoms with Gasteiger partial charge in [-0.2, -0.15) is 0 Å². The number of hydrogen-bond donors (Lipinski definition) is 4. The standard InChI is InChI=1S/C11H22N4O3/c1-2-9(10(16)17)14-11(18)13-5-8-15-6-3-12-4-7-15/h9,12H,2-8H2,1H3,(H,16,17)(H2,13,14,18)/t9-/m0/s1. The molecule has 0 spiro atoms. The Hall–Kier alpha value is -1.34. The third-order valence-electron chi connectivity index (χ3n) is 2.93. The Balaban J connectivity index is 2.14. The molecule has 4 N–H and O–H groups in total. The Labute approximate surface area is 107 Å². The number of urea groups is 1. The molecule has 0 aliphatic carbocycles. The molecule has 0 saturated carbocycles. The third kappa shape index (κ3) is 5.33. The van der Waals surface area contributed by atoms with E-state index < -0.39 is 18.0 Å². The fourth-order valence-electron chi connectivity index (χ4n) is 1.81. The van der Waals surface area contributed by atoms with E-state index in [2.05, 4.69) is 20.9 Å². The van der Waals surface area contributed by atoms with Crippen molar-refractivity contribution >= 4 is 12.0 Å². The first-order valence-electron chi connectivity index (χ1n) is 6.33. The van der Waals surface area contributed by atoms with E-state index in [0.717, 1.165) is 32.7 Å². The average Bonchev–Trinajstić information content (AvgIpc) is 2.37. The van der Waals surface area contributed by atoms with Gasteiger partial charge < -0.3 is 21.1 Å². The molecule has 1 aliphatic rings. The number of rotatable bonds is 6. The molecule has 2 amide bonds. The van der Waals surface area contributed by atoms with Crippen molar-refractivity contribution in [3.05, 3.63) is 0 Å². The normalized spacial score (nSPS) is 18.1. The summed E-state index contributed by atoms with van der Waals surface area (Å²) in [6, 6.07) is -1.23. The van der Waals surface area contributed by atoms with Crippen molar-refractivity contribution < 1.29 is 14.7 Å². The van der Waals surface area contributed by atoms with Crippen molar-refractivity contribution in [2.24, 2.45) is 0 Å². The van der Waals surface area contributed by atoms with Gasteiger partial charge in [-0.3, -0.25) is 4.90 Å². The molecule has 7 heteroatoms. The van der Waals surface area contributed by atoms with Gasteiger partial charge in [0.15, 0.2) is 0 Å². The Morgan fingerprint density at radius 3 is 2.61 bits per heavy atom. The first-order valence-corrected chi connectivity index (χ1v) is 6.33. The van der Waals surface area contributed by atoms with Crippen LogP contribution in [0, 0.1) is 0 Å². The molecule has 18 heavy (non-hydrogen) atoms. The van der Waals surface area contributed by atoms with E-state index in [1.807, 2.05) is 0 Å². The lowest BCUT2D eigenvalue weighted by atomic mass is 10.2. The number of nitrogens with zero attached hydrogens (tertiary/aromatic N) is 1. The van der Waals surface area contributed by atoms with Crippen LogP contribution in [0.5, 0.6) is 0 Å². The molecular formula is C11H22N4O3. The molecule has 0 radical (unpaired) electrons. The Kier molecular flexibility index (Phi) is 6.45. The monoisotopic (exact) mass is 258 g/mol. The topological polar surface area (TPSA) is 93.7 Å². The predicted molar refractivity (Wildman–Crippen MR) is 67.6 cm³/mol. The molecule has 104 valence electrons. The molecule has 1 saturated heterocycles. The largest absolute Gasteiger partial charge is 0.480 e. The third-order valence-corrected chi connectivity index (χ3v) is 2.93. The summed E-state index contributed by atoms with van der Waals surface area (Å²) in [5, 5.41) is 17.1. The van der Waals surface area contributed by atoms with Gasteiger partial charge in [0.25, 0.3) is 0 Å².